The van der Waals surface area contributed by atoms with E-state index in [1.807, 2.05) is 42.5 Å². The molecule has 1 unspecified atom stereocenters. The van der Waals surface area contributed by atoms with Crippen LogP contribution >= 0.6 is 11.6 Å². The summed E-state index contributed by atoms with van der Waals surface area (Å²) < 4.78 is 11.7. The van der Waals surface area contributed by atoms with Crippen LogP contribution in [0.15, 0.2) is 48.5 Å². The van der Waals surface area contributed by atoms with E-state index in [-0.39, 0.29) is 6.10 Å². The molecule has 2 nitrogen and oxygen atoms in total. The van der Waals surface area contributed by atoms with Crippen LogP contribution in [0.1, 0.15) is 11.1 Å². The molecule has 0 radical (unpaired) electrons. The molecule has 0 N–H and O–H groups in total. The quantitative estimate of drug-likeness (QED) is 0.790. The molecule has 2 aromatic carbocycles. The number of para-hydroxylation sites is 2. The third-order valence-electron chi connectivity index (χ3n) is 3.26. The monoisotopic (exact) mass is 274 g/mol. The van der Waals surface area contributed by atoms with Gasteiger partial charge in [0.05, 0.1) is 5.88 Å². The van der Waals surface area contributed by atoms with E-state index in [1.54, 1.807) is 0 Å². The first-order valence-corrected chi connectivity index (χ1v) is 6.91. The lowest BCUT2D eigenvalue weighted by atomic mass is 10.1. The van der Waals surface area contributed by atoms with Crippen molar-refractivity contribution in [1.29, 1.82) is 0 Å². The Labute approximate surface area is 117 Å². The minimum absolute atomic E-state index is 0.0841. The molecule has 98 valence electrons. The minimum atomic E-state index is 0.0841. The molecule has 3 heteroatoms. The molecular formula is C16H15ClO2. The Hall–Kier alpha value is -1.67. The summed E-state index contributed by atoms with van der Waals surface area (Å²) in [5.41, 5.74) is 2.27. The van der Waals surface area contributed by atoms with Crippen molar-refractivity contribution in [2.75, 3.05) is 6.61 Å². The fourth-order valence-electron chi connectivity index (χ4n) is 2.28. The summed E-state index contributed by atoms with van der Waals surface area (Å²) in [6.45, 7) is 0.544. The number of hydrogen-bond acceptors (Lipinski definition) is 2. The molecule has 0 bridgehead atoms. The Morgan fingerprint density at radius 3 is 2.74 bits per heavy atom. The fraction of sp³-hybridized carbons (Fsp3) is 0.250. The summed E-state index contributed by atoms with van der Waals surface area (Å²) in [6, 6.07) is 16.0. The Bertz CT molecular complexity index is 543. The van der Waals surface area contributed by atoms with Crippen LogP contribution in [-0.4, -0.2) is 12.7 Å². The number of rotatable bonds is 4. The van der Waals surface area contributed by atoms with Gasteiger partial charge in [-0.05, 0) is 17.7 Å². The maximum absolute atomic E-state index is 5.89. The molecule has 0 saturated carbocycles. The van der Waals surface area contributed by atoms with Gasteiger partial charge in [-0.15, -0.1) is 11.6 Å². The van der Waals surface area contributed by atoms with Gasteiger partial charge in [0.2, 0.25) is 0 Å². The van der Waals surface area contributed by atoms with Gasteiger partial charge in [-0.2, -0.15) is 0 Å². The van der Waals surface area contributed by atoms with E-state index in [0.717, 1.165) is 23.5 Å². The molecule has 0 amide bonds. The Balaban J connectivity index is 1.63. The van der Waals surface area contributed by atoms with Crippen molar-refractivity contribution in [2.24, 2.45) is 0 Å². The van der Waals surface area contributed by atoms with Gasteiger partial charge < -0.3 is 9.47 Å². The van der Waals surface area contributed by atoms with Crippen LogP contribution in [0, 0.1) is 0 Å². The third kappa shape index (κ3) is 2.69. The van der Waals surface area contributed by atoms with E-state index >= 15 is 0 Å². The van der Waals surface area contributed by atoms with Crippen LogP contribution in [-0.2, 0) is 12.3 Å². The molecule has 1 heterocycles. The zero-order valence-electron chi connectivity index (χ0n) is 10.5. The first-order valence-electron chi connectivity index (χ1n) is 6.38. The van der Waals surface area contributed by atoms with Crippen molar-refractivity contribution in [3.8, 4) is 11.5 Å². The average molecular weight is 275 g/mol. The lowest BCUT2D eigenvalue weighted by molar-refractivity contribution is 0.148. The molecule has 0 fully saturated rings. The molecule has 0 aliphatic carbocycles. The van der Waals surface area contributed by atoms with Crippen LogP contribution in [0.4, 0.5) is 0 Å². The Morgan fingerprint density at radius 2 is 1.89 bits per heavy atom. The standard InChI is InChI=1S/C16H15ClO2/c17-10-13-6-2-3-7-15(13)18-11-14-9-12-5-1-4-8-16(12)19-14/h1-8,14H,9-11H2. The van der Waals surface area contributed by atoms with Gasteiger partial charge in [0.1, 0.15) is 24.2 Å². The van der Waals surface area contributed by atoms with E-state index in [0.29, 0.717) is 12.5 Å². The number of ether oxygens (including phenoxy) is 2. The summed E-state index contributed by atoms with van der Waals surface area (Å²) in [4.78, 5) is 0. The fourth-order valence-corrected chi connectivity index (χ4v) is 2.51. The summed E-state index contributed by atoms with van der Waals surface area (Å²) in [5, 5.41) is 0. The highest BCUT2D eigenvalue weighted by atomic mass is 35.5. The maximum atomic E-state index is 5.89. The lowest BCUT2D eigenvalue weighted by Gasteiger charge is -2.14. The summed E-state index contributed by atoms with van der Waals surface area (Å²) in [6.07, 6.45) is 0.986. The summed E-state index contributed by atoms with van der Waals surface area (Å²) >= 11 is 5.89. The first kappa shape index (κ1) is 12.4. The van der Waals surface area contributed by atoms with Gasteiger partial charge in [-0.3, -0.25) is 0 Å². The second-order valence-corrected chi connectivity index (χ2v) is 4.87. The maximum Gasteiger partial charge on any atom is 0.137 e. The van der Waals surface area contributed by atoms with E-state index in [4.69, 9.17) is 21.1 Å². The molecule has 1 atom stereocenters. The van der Waals surface area contributed by atoms with Gasteiger partial charge in [-0.25, -0.2) is 0 Å². The Kier molecular flexibility index (Phi) is 3.60. The van der Waals surface area contributed by atoms with Crippen molar-refractivity contribution < 1.29 is 9.47 Å². The van der Waals surface area contributed by atoms with E-state index < -0.39 is 0 Å². The van der Waals surface area contributed by atoms with Crippen LogP contribution < -0.4 is 9.47 Å². The zero-order valence-corrected chi connectivity index (χ0v) is 11.3. The first-order chi connectivity index (χ1) is 9.36. The summed E-state index contributed by atoms with van der Waals surface area (Å²) in [5.74, 6) is 2.28. The number of halogens is 1. The molecule has 0 aromatic heterocycles. The molecule has 1 aliphatic rings. The SMILES string of the molecule is ClCc1ccccc1OCC1Cc2ccccc2O1. The largest absolute Gasteiger partial charge is 0.489 e. The van der Waals surface area contributed by atoms with E-state index in [2.05, 4.69) is 6.07 Å². The molecule has 3 rings (SSSR count). The minimum Gasteiger partial charge on any atom is -0.489 e. The third-order valence-corrected chi connectivity index (χ3v) is 3.54. The predicted octanol–water partition coefficient (Wildman–Crippen LogP) is 3.81. The smallest absolute Gasteiger partial charge is 0.137 e. The molecule has 0 spiro atoms. The lowest BCUT2D eigenvalue weighted by Crippen LogP contribution is -2.22. The highest BCUT2D eigenvalue weighted by Crippen LogP contribution is 2.29. The average Bonchev–Trinajstić information content (AvgIpc) is 2.88. The Morgan fingerprint density at radius 1 is 1.11 bits per heavy atom. The topological polar surface area (TPSA) is 18.5 Å². The normalized spacial score (nSPS) is 16.8. The number of hydrogen-bond donors (Lipinski definition) is 0. The number of alkyl halides is 1. The van der Waals surface area contributed by atoms with Crippen molar-refractivity contribution in [1.82, 2.24) is 0 Å². The predicted molar refractivity (Wildman–Crippen MR) is 76.1 cm³/mol. The second kappa shape index (κ2) is 5.54. The summed E-state index contributed by atoms with van der Waals surface area (Å²) in [7, 11) is 0. The highest BCUT2D eigenvalue weighted by molar-refractivity contribution is 6.17. The molecule has 0 saturated heterocycles. The van der Waals surface area contributed by atoms with Crippen LogP contribution in [0.3, 0.4) is 0 Å². The van der Waals surface area contributed by atoms with Crippen molar-refractivity contribution in [3.05, 3.63) is 59.7 Å². The molecule has 2 aromatic rings. The molecule has 1 aliphatic heterocycles. The molecular weight excluding hydrogens is 260 g/mol. The second-order valence-electron chi connectivity index (χ2n) is 4.60. The zero-order chi connectivity index (χ0) is 13.1. The van der Waals surface area contributed by atoms with E-state index in [1.165, 1.54) is 5.56 Å². The van der Waals surface area contributed by atoms with Crippen molar-refractivity contribution >= 4 is 11.6 Å². The van der Waals surface area contributed by atoms with Gasteiger partial charge >= 0.3 is 0 Å². The van der Waals surface area contributed by atoms with Crippen molar-refractivity contribution in [3.63, 3.8) is 0 Å². The van der Waals surface area contributed by atoms with Gasteiger partial charge in [-0.1, -0.05) is 36.4 Å². The number of fused-ring (bicyclic) bond motifs is 1. The molecule has 19 heavy (non-hydrogen) atoms. The van der Waals surface area contributed by atoms with Crippen molar-refractivity contribution in [2.45, 2.75) is 18.4 Å². The highest BCUT2D eigenvalue weighted by Gasteiger charge is 2.22. The van der Waals surface area contributed by atoms with Crippen LogP contribution in [0.25, 0.3) is 0 Å². The van der Waals surface area contributed by atoms with Gasteiger partial charge in [0.15, 0.2) is 0 Å². The number of benzene rings is 2. The van der Waals surface area contributed by atoms with Gasteiger partial charge in [0, 0.05) is 12.0 Å². The van der Waals surface area contributed by atoms with Crippen LogP contribution in [0.5, 0.6) is 11.5 Å². The van der Waals surface area contributed by atoms with E-state index in [9.17, 15) is 0 Å². The van der Waals surface area contributed by atoms with Crippen LogP contribution in [0.2, 0.25) is 0 Å². The van der Waals surface area contributed by atoms with Gasteiger partial charge in [0.25, 0.3) is 0 Å².